The SMILES string of the molecule is CNCc1ccc([N+](=O)[O-])c(C(C)OP(=O)(OCCC#N)OC2C[C@H](C)O[C@@H]2COC(C)(C)C)c1. The third-order valence-corrected chi connectivity index (χ3v) is 6.79. The summed E-state index contributed by atoms with van der Waals surface area (Å²) in [7, 11) is -2.49. The lowest BCUT2D eigenvalue weighted by Crippen LogP contribution is -2.33. The summed E-state index contributed by atoms with van der Waals surface area (Å²) in [6.45, 7) is 9.67. The van der Waals surface area contributed by atoms with Crippen molar-refractivity contribution in [2.45, 2.75) is 84.0 Å². The third-order valence-electron chi connectivity index (χ3n) is 5.19. The number of nitro groups is 1. The zero-order valence-corrected chi connectivity index (χ0v) is 22.1. The van der Waals surface area contributed by atoms with E-state index in [1.54, 1.807) is 26.1 Å². The predicted octanol–water partition coefficient (Wildman–Crippen LogP) is 4.81. The fraction of sp³-hybridized carbons (Fsp3) is 0.696. The molecule has 1 aromatic rings. The Morgan fingerprint density at radius 1 is 1.40 bits per heavy atom. The number of phosphoric acid groups is 1. The van der Waals surface area contributed by atoms with E-state index in [9.17, 15) is 14.7 Å². The van der Waals surface area contributed by atoms with Crippen molar-refractivity contribution in [2.24, 2.45) is 0 Å². The van der Waals surface area contributed by atoms with E-state index in [1.807, 2.05) is 33.8 Å². The molecule has 1 saturated heterocycles. The summed E-state index contributed by atoms with van der Waals surface area (Å²) >= 11 is 0. The van der Waals surface area contributed by atoms with E-state index in [1.165, 1.54) is 6.07 Å². The molecule has 0 bridgehead atoms. The number of hydrogen-bond donors (Lipinski definition) is 1. The van der Waals surface area contributed by atoms with Crippen molar-refractivity contribution in [3.05, 3.63) is 39.4 Å². The number of phosphoric ester groups is 1. The maximum absolute atomic E-state index is 13.7. The van der Waals surface area contributed by atoms with Gasteiger partial charge in [-0.15, -0.1) is 0 Å². The summed E-state index contributed by atoms with van der Waals surface area (Å²) in [5, 5.41) is 23.5. The predicted molar refractivity (Wildman–Crippen MR) is 129 cm³/mol. The van der Waals surface area contributed by atoms with Crippen molar-refractivity contribution in [3.8, 4) is 6.07 Å². The standard InChI is InChI=1S/C23H36N3O8P/c1-16-12-21(22(32-16)15-30-23(3,4)5)34-35(29,31-11-7-10-24)33-17(2)19-13-18(14-25-6)8-9-20(19)26(27)28/h8-9,13,16-17,21-22,25H,7,11-12,14-15H2,1-6H3/t16-,17?,21?,22+,35?/m0/s1. The molecule has 0 radical (unpaired) electrons. The van der Waals surface area contributed by atoms with Gasteiger partial charge in [-0.1, -0.05) is 6.07 Å². The maximum Gasteiger partial charge on any atom is 0.475 e. The number of ether oxygens (including phenoxy) is 2. The second-order valence-corrected chi connectivity index (χ2v) is 11.0. The lowest BCUT2D eigenvalue weighted by atomic mass is 10.0. The van der Waals surface area contributed by atoms with Gasteiger partial charge in [-0.25, -0.2) is 4.57 Å². The highest BCUT2D eigenvalue weighted by atomic mass is 31.2. The lowest BCUT2D eigenvalue weighted by molar-refractivity contribution is -0.386. The topological polar surface area (TPSA) is 142 Å². The van der Waals surface area contributed by atoms with E-state index in [0.717, 1.165) is 5.56 Å². The normalized spacial score (nSPS) is 22.9. The molecule has 1 aliphatic rings. The van der Waals surface area contributed by atoms with Gasteiger partial charge in [0.25, 0.3) is 5.69 Å². The van der Waals surface area contributed by atoms with Crippen LogP contribution in [0.2, 0.25) is 0 Å². The fourth-order valence-electron chi connectivity index (χ4n) is 3.63. The Balaban J connectivity index is 2.28. The van der Waals surface area contributed by atoms with Crippen molar-refractivity contribution in [1.29, 1.82) is 5.26 Å². The molecule has 0 saturated carbocycles. The molecule has 0 aromatic heterocycles. The number of nitro benzene ring substituents is 1. The van der Waals surface area contributed by atoms with Gasteiger partial charge in [0.05, 0.1) is 54.0 Å². The monoisotopic (exact) mass is 513 g/mol. The van der Waals surface area contributed by atoms with Gasteiger partial charge < -0.3 is 14.8 Å². The molecule has 1 N–H and O–H groups in total. The summed E-state index contributed by atoms with van der Waals surface area (Å²) < 4.78 is 42.5. The Hall–Kier alpha value is -1.90. The van der Waals surface area contributed by atoms with Gasteiger partial charge in [-0.3, -0.25) is 23.7 Å². The molecule has 12 heteroatoms. The Morgan fingerprint density at radius 3 is 2.71 bits per heavy atom. The Labute approximate surface area is 206 Å². The van der Waals surface area contributed by atoms with Crippen molar-refractivity contribution >= 4 is 13.5 Å². The molecule has 0 aliphatic carbocycles. The van der Waals surface area contributed by atoms with E-state index >= 15 is 0 Å². The highest BCUT2D eigenvalue weighted by Gasteiger charge is 2.42. The van der Waals surface area contributed by atoms with Crippen LogP contribution in [-0.2, 0) is 34.2 Å². The first-order chi connectivity index (χ1) is 16.4. The molecular formula is C23H36N3O8P. The van der Waals surface area contributed by atoms with E-state index in [4.69, 9.17) is 28.3 Å². The summed E-state index contributed by atoms with van der Waals surface area (Å²) in [5.74, 6) is 0. The van der Waals surface area contributed by atoms with Crippen LogP contribution >= 0.6 is 7.82 Å². The van der Waals surface area contributed by atoms with E-state index in [2.05, 4.69) is 5.32 Å². The van der Waals surface area contributed by atoms with Gasteiger partial charge in [0, 0.05) is 19.0 Å². The molecule has 3 unspecified atom stereocenters. The van der Waals surface area contributed by atoms with E-state index in [0.29, 0.717) is 13.0 Å². The molecule has 5 atom stereocenters. The molecule has 196 valence electrons. The number of hydrogen-bond acceptors (Lipinski definition) is 10. The van der Waals surface area contributed by atoms with Crippen LogP contribution in [0.15, 0.2) is 18.2 Å². The highest BCUT2D eigenvalue weighted by Crippen LogP contribution is 2.56. The molecular weight excluding hydrogens is 477 g/mol. The van der Waals surface area contributed by atoms with Crippen LogP contribution in [-0.4, -0.2) is 49.1 Å². The van der Waals surface area contributed by atoms with Gasteiger partial charge in [0.1, 0.15) is 12.2 Å². The first kappa shape index (κ1) is 29.3. The Morgan fingerprint density at radius 2 is 2.11 bits per heavy atom. The molecule has 1 aliphatic heterocycles. The van der Waals surface area contributed by atoms with Crippen molar-refractivity contribution < 1.29 is 32.5 Å². The molecule has 0 amide bonds. The minimum atomic E-state index is -4.25. The quantitative estimate of drug-likeness (QED) is 0.169. The second-order valence-electron chi connectivity index (χ2n) is 9.40. The highest BCUT2D eigenvalue weighted by molar-refractivity contribution is 7.48. The molecule has 0 spiro atoms. The summed E-state index contributed by atoms with van der Waals surface area (Å²) in [5.41, 5.74) is 0.450. The van der Waals surface area contributed by atoms with Crippen LogP contribution in [0.1, 0.15) is 64.7 Å². The van der Waals surface area contributed by atoms with Crippen LogP contribution in [0.5, 0.6) is 0 Å². The smallest absolute Gasteiger partial charge is 0.373 e. The van der Waals surface area contributed by atoms with Crippen LogP contribution < -0.4 is 5.32 Å². The van der Waals surface area contributed by atoms with E-state index in [-0.39, 0.29) is 37.0 Å². The lowest BCUT2D eigenvalue weighted by Gasteiger charge is -2.28. The number of nitriles is 1. The zero-order valence-electron chi connectivity index (χ0n) is 21.2. The summed E-state index contributed by atoms with van der Waals surface area (Å²) in [6.07, 6.45) is -1.93. The summed E-state index contributed by atoms with van der Waals surface area (Å²) in [6, 6.07) is 6.57. The van der Waals surface area contributed by atoms with Gasteiger partial charge in [-0.2, -0.15) is 5.26 Å². The molecule has 35 heavy (non-hydrogen) atoms. The minimum absolute atomic E-state index is 0.0307. The van der Waals surface area contributed by atoms with Crippen molar-refractivity contribution in [1.82, 2.24) is 5.32 Å². The van der Waals surface area contributed by atoms with Crippen molar-refractivity contribution in [2.75, 3.05) is 20.3 Å². The number of rotatable bonds is 13. The molecule has 1 aromatic carbocycles. The Bertz CT molecular complexity index is 946. The third kappa shape index (κ3) is 9.24. The van der Waals surface area contributed by atoms with Crippen LogP contribution in [0.4, 0.5) is 5.69 Å². The van der Waals surface area contributed by atoms with Crippen LogP contribution in [0.25, 0.3) is 0 Å². The molecule has 2 rings (SSSR count). The van der Waals surface area contributed by atoms with Crippen LogP contribution in [0, 0.1) is 21.4 Å². The van der Waals surface area contributed by atoms with Gasteiger partial charge in [-0.05, 0) is 53.3 Å². The zero-order chi connectivity index (χ0) is 26.2. The van der Waals surface area contributed by atoms with Gasteiger partial charge in [0.2, 0.25) is 0 Å². The van der Waals surface area contributed by atoms with Crippen molar-refractivity contribution in [3.63, 3.8) is 0 Å². The van der Waals surface area contributed by atoms with Crippen LogP contribution in [0.3, 0.4) is 0 Å². The minimum Gasteiger partial charge on any atom is -0.373 e. The maximum atomic E-state index is 13.7. The Kier molecular flexibility index (Phi) is 10.8. The number of nitrogens with zero attached hydrogens (tertiary/aromatic N) is 2. The average Bonchev–Trinajstić information content (AvgIpc) is 3.10. The molecule has 11 nitrogen and oxygen atoms in total. The first-order valence-corrected chi connectivity index (χ1v) is 13.0. The number of nitrogens with one attached hydrogen (secondary N) is 1. The fourth-order valence-corrected chi connectivity index (χ4v) is 5.17. The molecule has 1 heterocycles. The number of benzene rings is 1. The largest absolute Gasteiger partial charge is 0.475 e. The van der Waals surface area contributed by atoms with Gasteiger partial charge in [0.15, 0.2) is 0 Å². The van der Waals surface area contributed by atoms with E-state index < -0.39 is 36.7 Å². The van der Waals surface area contributed by atoms with Gasteiger partial charge >= 0.3 is 7.82 Å². The first-order valence-electron chi connectivity index (χ1n) is 11.6. The average molecular weight is 514 g/mol. The molecule has 1 fully saturated rings. The summed E-state index contributed by atoms with van der Waals surface area (Å²) in [4.78, 5) is 11.1. The second kappa shape index (κ2) is 12.9.